The van der Waals surface area contributed by atoms with Crippen LogP contribution in [0.4, 0.5) is 0 Å². The summed E-state index contributed by atoms with van der Waals surface area (Å²) in [6.07, 6.45) is 0.455. The van der Waals surface area contributed by atoms with Crippen LogP contribution >= 0.6 is 11.6 Å². The first-order valence-electron chi connectivity index (χ1n) is 13.5. The Morgan fingerprint density at radius 3 is 2.07 bits per heavy atom. The SMILES string of the molecule is COc1ccc(CC(=O)N(Cc2ccc(Cl)cc2)[C@H](Cc2ccccc2)C(=O)NCc2ccc(C)cc2)cc1OC. The van der Waals surface area contributed by atoms with Crippen LogP contribution < -0.4 is 14.8 Å². The number of ether oxygens (including phenoxy) is 2. The number of nitrogens with one attached hydrogen (secondary N) is 1. The van der Waals surface area contributed by atoms with Crippen molar-refractivity contribution in [3.8, 4) is 11.5 Å². The van der Waals surface area contributed by atoms with E-state index in [1.165, 1.54) is 0 Å². The van der Waals surface area contributed by atoms with E-state index >= 15 is 0 Å². The van der Waals surface area contributed by atoms with Gasteiger partial charge in [0.15, 0.2) is 11.5 Å². The molecule has 4 rings (SSSR count). The second-order valence-corrected chi connectivity index (χ2v) is 10.4. The van der Waals surface area contributed by atoms with E-state index in [2.05, 4.69) is 5.32 Å². The summed E-state index contributed by atoms with van der Waals surface area (Å²) in [5, 5.41) is 3.68. The average molecular weight is 571 g/mol. The lowest BCUT2D eigenvalue weighted by Crippen LogP contribution is -2.50. The number of nitrogens with zero attached hydrogens (tertiary/aromatic N) is 1. The van der Waals surface area contributed by atoms with Crippen molar-refractivity contribution in [3.05, 3.63) is 130 Å². The van der Waals surface area contributed by atoms with Gasteiger partial charge < -0.3 is 19.7 Å². The smallest absolute Gasteiger partial charge is 0.243 e. The van der Waals surface area contributed by atoms with E-state index in [9.17, 15) is 9.59 Å². The Bertz CT molecular complexity index is 1440. The van der Waals surface area contributed by atoms with Crippen LogP contribution in [0.3, 0.4) is 0 Å². The third-order valence-corrected chi connectivity index (χ3v) is 7.18. The zero-order chi connectivity index (χ0) is 29.2. The number of carbonyl (C=O) groups excluding carboxylic acids is 2. The van der Waals surface area contributed by atoms with Gasteiger partial charge >= 0.3 is 0 Å². The van der Waals surface area contributed by atoms with Gasteiger partial charge in [0.25, 0.3) is 0 Å². The molecule has 0 saturated carbocycles. The number of aryl methyl sites for hydroxylation is 1. The first kappa shape index (κ1) is 29.7. The molecule has 0 radical (unpaired) electrons. The minimum Gasteiger partial charge on any atom is -0.493 e. The largest absolute Gasteiger partial charge is 0.493 e. The Hall–Kier alpha value is -4.29. The lowest BCUT2D eigenvalue weighted by atomic mass is 10.0. The number of benzene rings is 4. The highest BCUT2D eigenvalue weighted by Crippen LogP contribution is 2.28. The van der Waals surface area contributed by atoms with Gasteiger partial charge in [0.2, 0.25) is 11.8 Å². The lowest BCUT2D eigenvalue weighted by Gasteiger charge is -2.32. The topological polar surface area (TPSA) is 67.9 Å². The summed E-state index contributed by atoms with van der Waals surface area (Å²) in [5.41, 5.74) is 4.73. The second kappa shape index (κ2) is 14.4. The number of rotatable bonds is 12. The van der Waals surface area contributed by atoms with Gasteiger partial charge in [-0.15, -0.1) is 0 Å². The molecule has 6 nitrogen and oxygen atoms in total. The minimum atomic E-state index is -0.744. The Balaban J connectivity index is 1.66. The predicted octanol–water partition coefficient (Wildman–Crippen LogP) is 6.16. The molecule has 212 valence electrons. The van der Waals surface area contributed by atoms with Gasteiger partial charge in [-0.3, -0.25) is 9.59 Å². The van der Waals surface area contributed by atoms with Crippen molar-refractivity contribution in [1.29, 1.82) is 0 Å². The fraction of sp³-hybridized carbons (Fsp3) is 0.235. The highest BCUT2D eigenvalue weighted by molar-refractivity contribution is 6.30. The Morgan fingerprint density at radius 1 is 0.780 bits per heavy atom. The van der Waals surface area contributed by atoms with Crippen LogP contribution in [0.15, 0.2) is 97.1 Å². The number of hydrogen-bond acceptors (Lipinski definition) is 4. The van der Waals surface area contributed by atoms with Gasteiger partial charge in [0.1, 0.15) is 6.04 Å². The maximum Gasteiger partial charge on any atom is 0.243 e. The Kier molecular flexibility index (Phi) is 10.4. The quantitative estimate of drug-likeness (QED) is 0.221. The molecule has 0 heterocycles. The molecule has 0 spiro atoms. The molecule has 4 aromatic carbocycles. The monoisotopic (exact) mass is 570 g/mol. The molecule has 1 N–H and O–H groups in total. The maximum absolute atomic E-state index is 14.0. The molecule has 0 aliphatic carbocycles. The van der Waals surface area contributed by atoms with Crippen LogP contribution in [0.1, 0.15) is 27.8 Å². The summed E-state index contributed by atoms with van der Waals surface area (Å²) in [5.74, 6) is 0.723. The maximum atomic E-state index is 14.0. The van der Waals surface area contributed by atoms with Crippen LogP contribution in [-0.4, -0.2) is 37.0 Å². The van der Waals surface area contributed by atoms with Gasteiger partial charge in [-0.2, -0.15) is 0 Å². The molecule has 2 amide bonds. The summed E-state index contributed by atoms with van der Waals surface area (Å²) in [7, 11) is 3.13. The van der Waals surface area contributed by atoms with E-state index in [0.29, 0.717) is 29.5 Å². The molecule has 1 atom stereocenters. The molecule has 0 aliphatic rings. The molecular formula is C34H35ClN2O4. The van der Waals surface area contributed by atoms with Gasteiger partial charge in [-0.25, -0.2) is 0 Å². The number of halogens is 1. The van der Waals surface area contributed by atoms with Crippen molar-refractivity contribution in [1.82, 2.24) is 10.2 Å². The standard InChI is InChI=1S/C34H35ClN2O4/c1-24-9-11-26(12-10-24)22-36-34(39)30(19-25-7-5-4-6-8-25)37(23-27-13-16-29(35)17-14-27)33(38)21-28-15-18-31(40-2)32(20-28)41-3/h4-18,20,30H,19,21-23H2,1-3H3,(H,36,39)/t30-/m1/s1. The van der Waals surface area contributed by atoms with Crippen molar-refractivity contribution in [2.45, 2.75) is 38.9 Å². The fourth-order valence-corrected chi connectivity index (χ4v) is 4.75. The van der Waals surface area contributed by atoms with Crippen LogP contribution in [0, 0.1) is 6.92 Å². The third kappa shape index (κ3) is 8.35. The zero-order valence-electron chi connectivity index (χ0n) is 23.6. The highest BCUT2D eigenvalue weighted by Gasteiger charge is 2.30. The van der Waals surface area contributed by atoms with E-state index in [0.717, 1.165) is 27.8 Å². The summed E-state index contributed by atoms with van der Waals surface area (Å²) < 4.78 is 10.8. The first-order valence-corrected chi connectivity index (χ1v) is 13.9. The Labute approximate surface area is 246 Å². The normalized spacial score (nSPS) is 11.4. The molecule has 4 aromatic rings. The molecule has 41 heavy (non-hydrogen) atoms. The first-order chi connectivity index (χ1) is 19.9. The fourth-order valence-electron chi connectivity index (χ4n) is 4.62. The minimum absolute atomic E-state index is 0.0878. The number of hydrogen-bond donors (Lipinski definition) is 1. The van der Waals surface area contributed by atoms with E-state index in [1.54, 1.807) is 43.4 Å². The van der Waals surface area contributed by atoms with Crippen LogP contribution in [0.25, 0.3) is 0 Å². The zero-order valence-corrected chi connectivity index (χ0v) is 24.4. The molecule has 0 aliphatic heterocycles. The molecule has 7 heteroatoms. The van der Waals surface area contributed by atoms with E-state index < -0.39 is 6.04 Å². The third-order valence-electron chi connectivity index (χ3n) is 6.93. The van der Waals surface area contributed by atoms with Crippen LogP contribution in [0.5, 0.6) is 11.5 Å². The number of carbonyl (C=O) groups is 2. The van der Waals surface area contributed by atoms with Crippen molar-refractivity contribution in [3.63, 3.8) is 0 Å². The predicted molar refractivity (Wildman–Crippen MR) is 162 cm³/mol. The van der Waals surface area contributed by atoms with E-state index in [1.807, 2.05) is 79.7 Å². The highest BCUT2D eigenvalue weighted by atomic mass is 35.5. The molecule has 0 fully saturated rings. The van der Waals surface area contributed by atoms with Crippen LogP contribution in [0.2, 0.25) is 5.02 Å². The molecule has 0 aromatic heterocycles. The summed E-state index contributed by atoms with van der Waals surface area (Å²) in [6.45, 7) is 2.64. The van der Waals surface area contributed by atoms with Crippen molar-refractivity contribution in [2.24, 2.45) is 0 Å². The van der Waals surface area contributed by atoms with Gasteiger partial charge in [-0.1, -0.05) is 90.0 Å². The summed E-state index contributed by atoms with van der Waals surface area (Å²) in [6, 6.07) is 29.8. The number of amides is 2. The molecular weight excluding hydrogens is 536 g/mol. The number of methoxy groups -OCH3 is 2. The second-order valence-electron chi connectivity index (χ2n) is 9.92. The molecule has 0 unspecified atom stereocenters. The van der Waals surface area contributed by atoms with E-state index in [4.69, 9.17) is 21.1 Å². The lowest BCUT2D eigenvalue weighted by molar-refractivity contribution is -0.140. The van der Waals surface area contributed by atoms with Crippen molar-refractivity contribution < 1.29 is 19.1 Å². The molecule has 0 saturated heterocycles. The molecule has 0 bridgehead atoms. The van der Waals surface area contributed by atoms with Gasteiger partial charge in [0, 0.05) is 24.5 Å². The van der Waals surface area contributed by atoms with Crippen LogP contribution in [-0.2, 0) is 35.5 Å². The summed E-state index contributed by atoms with van der Waals surface area (Å²) >= 11 is 6.13. The van der Waals surface area contributed by atoms with Crippen molar-refractivity contribution >= 4 is 23.4 Å². The average Bonchev–Trinajstić information content (AvgIpc) is 2.99. The van der Waals surface area contributed by atoms with Gasteiger partial charge in [0.05, 0.1) is 20.6 Å². The van der Waals surface area contributed by atoms with E-state index in [-0.39, 0.29) is 24.8 Å². The van der Waals surface area contributed by atoms with Crippen molar-refractivity contribution in [2.75, 3.05) is 14.2 Å². The summed E-state index contributed by atoms with van der Waals surface area (Å²) in [4.78, 5) is 29.5. The Morgan fingerprint density at radius 2 is 1.41 bits per heavy atom. The van der Waals surface area contributed by atoms with Gasteiger partial charge in [-0.05, 0) is 53.4 Å².